The fraction of sp³-hybridized carbons (Fsp3) is 0.500. The standard InChI is InChI=1S/C14H21N3S/c1-3-4-5-6-7-16-12-9-13-14(8-11(12)15)18-10(2)17-13/h8-9,16H,3-7,15H2,1-2H3. The van der Waals surface area contributed by atoms with E-state index in [1.165, 1.54) is 30.4 Å². The number of aryl methyl sites for hydroxylation is 1. The Labute approximate surface area is 112 Å². The summed E-state index contributed by atoms with van der Waals surface area (Å²) >= 11 is 1.69. The van der Waals surface area contributed by atoms with Crippen LogP contribution in [-0.4, -0.2) is 11.5 Å². The zero-order valence-electron chi connectivity index (χ0n) is 11.1. The van der Waals surface area contributed by atoms with Crippen LogP contribution in [0.2, 0.25) is 0 Å². The van der Waals surface area contributed by atoms with Crippen LogP contribution in [0.4, 0.5) is 11.4 Å². The normalized spacial score (nSPS) is 11.0. The van der Waals surface area contributed by atoms with Crippen molar-refractivity contribution in [2.24, 2.45) is 0 Å². The number of rotatable bonds is 6. The lowest BCUT2D eigenvalue weighted by atomic mass is 10.2. The van der Waals surface area contributed by atoms with Gasteiger partial charge in [-0.15, -0.1) is 11.3 Å². The van der Waals surface area contributed by atoms with Gasteiger partial charge in [0.25, 0.3) is 0 Å². The maximum Gasteiger partial charge on any atom is 0.0907 e. The van der Waals surface area contributed by atoms with Gasteiger partial charge in [-0.3, -0.25) is 0 Å². The molecule has 4 heteroatoms. The van der Waals surface area contributed by atoms with Crippen LogP contribution in [0, 0.1) is 6.92 Å². The van der Waals surface area contributed by atoms with Crippen molar-refractivity contribution in [2.75, 3.05) is 17.6 Å². The van der Waals surface area contributed by atoms with Crippen LogP contribution in [0.3, 0.4) is 0 Å². The summed E-state index contributed by atoms with van der Waals surface area (Å²) in [4.78, 5) is 4.50. The lowest BCUT2D eigenvalue weighted by Gasteiger charge is -2.09. The van der Waals surface area contributed by atoms with Crippen molar-refractivity contribution in [1.29, 1.82) is 0 Å². The number of hydrogen-bond donors (Lipinski definition) is 2. The van der Waals surface area contributed by atoms with Gasteiger partial charge in [-0.1, -0.05) is 26.2 Å². The van der Waals surface area contributed by atoms with Gasteiger partial charge in [-0.25, -0.2) is 4.98 Å². The molecule has 1 aromatic carbocycles. The van der Waals surface area contributed by atoms with Crippen molar-refractivity contribution < 1.29 is 0 Å². The molecule has 0 amide bonds. The highest BCUT2D eigenvalue weighted by Gasteiger charge is 2.05. The fourth-order valence-corrected chi connectivity index (χ4v) is 2.89. The van der Waals surface area contributed by atoms with E-state index in [2.05, 4.69) is 23.3 Å². The van der Waals surface area contributed by atoms with E-state index in [1.54, 1.807) is 11.3 Å². The van der Waals surface area contributed by atoms with E-state index in [4.69, 9.17) is 5.73 Å². The molecule has 1 heterocycles. The van der Waals surface area contributed by atoms with Gasteiger partial charge in [0, 0.05) is 6.54 Å². The molecule has 3 nitrogen and oxygen atoms in total. The monoisotopic (exact) mass is 263 g/mol. The van der Waals surface area contributed by atoms with Gasteiger partial charge in [-0.2, -0.15) is 0 Å². The molecule has 18 heavy (non-hydrogen) atoms. The average Bonchev–Trinajstić information content (AvgIpc) is 2.68. The second-order valence-electron chi connectivity index (χ2n) is 4.63. The van der Waals surface area contributed by atoms with Gasteiger partial charge in [0.05, 0.1) is 26.6 Å². The molecule has 0 aliphatic rings. The van der Waals surface area contributed by atoms with Gasteiger partial charge in [0.2, 0.25) is 0 Å². The predicted molar refractivity (Wildman–Crippen MR) is 81.4 cm³/mol. The van der Waals surface area contributed by atoms with Crippen molar-refractivity contribution in [3.63, 3.8) is 0 Å². The largest absolute Gasteiger partial charge is 0.397 e. The maximum absolute atomic E-state index is 6.05. The summed E-state index contributed by atoms with van der Waals surface area (Å²) in [5.41, 5.74) is 8.94. The number of nitrogen functional groups attached to an aromatic ring is 1. The molecule has 2 rings (SSSR count). The van der Waals surface area contributed by atoms with E-state index < -0.39 is 0 Å². The molecule has 0 saturated carbocycles. The van der Waals surface area contributed by atoms with E-state index in [-0.39, 0.29) is 0 Å². The molecule has 0 fully saturated rings. The minimum atomic E-state index is 0.821. The van der Waals surface area contributed by atoms with Crippen LogP contribution in [0.25, 0.3) is 10.2 Å². The lowest BCUT2D eigenvalue weighted by Crippen LogP contribution is -2.04. The number of hydrogen-bond acceptors (Lipinski definition) is 4. The summed E-state index contributed by atoms with van der Waals surface area (Å²) in [6.45, 7) is 5.24. The molecule has 0 unspecified atom stereocenters. The van der Waals surface area contributed by atoms with Crippen LogP contribution in [0.1, 0.15) is 37.6 Å². The third-order valence-electron chi connectivity index (χ3n) is 3.01. The number of nitrogens with two attached hydrogens (primary N) is 1. The van der Waals surface area contributed by atoms with Crippen LogP contribution in [-0.2, 0) is 0 Å². The first-order chi connectivity index (χ1) is 8.70. The fourth-order valence-electron chi connectivity index (χ4n) is 2.03. The summed E-state index contributed by atoms with van der Waals surface area (Å²) < 4.78 is 1.17. The van der Waals surface area contributed by atoms with E-state index in [1.807, 2.05) is 13.0 Å². The van der Waals surface area contributed by atoms with Crippen molar-refractivity contribution in [3.8, 4) is 0 Å². The molecule has 3 N–H and O–H groups in total. The Morgan fingerprint density at radius 3 is 2.89 bits per heavy atom. The highest BCUT2D eigenvalue weighted by molar-refractivity contribution is 7.18. The van der Waals surface area contributed by atoms with Crippen molar-refractivity contribution >= 4 is 32.9 Å². The second-order valence-corrected chi connectivity index (χ2v) is 5.86. The van der Waals surface area contributed by atoms with E-state index in [0.717, 1.165) is 28.4 Å². The molecular weight excluding hydrogens is 242 g/mol. The Hall–Kier alpha value is -1.29. The highest BCUT2D eigenvalue weighted by atomic mass is 32.1. The number of benzene rings is 1. The van der Waals surface area contributed by atoms with Crippen molar-refractivity contribution in [2.45, 2.75) is 39.5 Å². The van der Waals surface area contributed by atoms with Crippen molar-refractivity contribution in [3.05, 3.63) is 17.1 Å². The molecule has 0 aliphatic heterocycles. The molecule has 0 radical (unpaired) electrons. The Kier molecular flexibility index (Phi) is 4.42. The van der Waals surface area contributed by atoms with Crippen LogP contribution >= 0.6 is 11.3 Å². The van der Waals surface area contributed by atoms with Crippen LogP contribution < -0.4 is 11.1 Å². The SMILES string of the molecule is CCCCCCNc1cc2nc(C)sc2cc1N. The molecule has 1 aromatic heterocycles. The third kappa shape index (κ3) is 3.13. The Balaban J connectivity index is 2.01. The smallest absolute Gasteiger partial charge is 0.0907 e. The van der Waals surface area contributed by atoms with Gasteiger partial charge in [0.15, 0.2) is 0 Å². The third-order valence-corrected chi connectivity index (χ3v) is 3.95. The number of fused-ring (bicyclic) bond motifs is 1. The van der Waals surface area contributed by atoms with Crippen LogP contribution in [0.5, 0.6) is 0 Å². The Morgan fingerprint density at radius 2 is 2.11 bits per heavy atom. The molecule has 98 valence electrons. The summed E-state index contributed by atoms with van der Waals surface area (Å²) in [7, 11) is 0. The highest BCUT2D eigenvalue weighted by Crippen LogP contribution is 2.29. The van der Waals surface area contributed by atoms with Crippen LogP contribution in [0.15, 0.2) is 12.1 Å². The summed E-state index contributed by atoms with van der Waals surface area (Å²) in [5.74, 6) is 0. The molecule has 2 aromatic rings. The average molecular weight is 263 g/mol. The first-order valence-electron chi connectivity index (χ1n) is 6.61. The molecular formula is C14H21N3S. The first kappa shape index (κ1) is 13.1. The number of unbranched alkanes of at least 4 members (excludes halogenated alkanes) is 3. The van der Waals surface area contributed by atoms with Gasteiger partial charge in [-0.05, 0) is 25.5 Å². The van der Waals surface area contributed by atoms with E-state index >= 15 is 0 Å². The second kappa shape index (κ2) is 6.05. The topological polar surface area (TPSA) is 50.9 Å². The minimum Gasteiger partial charge on any atom is -0.397 e. The van der Waals surface area contributed by atoms with Gasteiger partial charge < -0.3 is 11.1 Å². The molecule has 0 atom stereocenters. The van der Waals surface area contributed by atoms with Gasteiger partial charge >= 0.3 is 0 Å². The molecule has 0 spiro atoms. The number of nitrogens with one attached hydrogen (secondary N) is 1. The number of nitrogens with zero attached hydrogens (tertiary/aromatic N) is 1. The first-order valence-corrected chi connectivity index (χ1v) is 7.43. The van der Waals surface area contributed by atoms with E-state index in [0.29, 0.717) is 0 Å². The summed E-state index contributed by atoms with van der Waals surface area (Å²) in [6, 6.07) is 4.09. The Bertz CT molecular complexity index is 519. The summed E-state index contributed by atoms with van der Waals surface area (Å²) in [6.07, 6.45) is 5.05. The predicted octanol–water partition coefficient (Wildman–Crippen LogP) is 4.18. The molecule has 0 aliphatic carbocycles. The quantitative estimate of drug-likeness (QED) is 0.607. The number of aromatic nitrogens is 1. The number of anilines is 2. The zero-order chi connectivity index (χ0) is 13.0. The zero-order valence-corrected chi connectivity index (χ0v) is 11.9. The van der Waals surface area contributed by atoms with Crippen molar-refractivity contribution in [1.82, 2.24) is 4.98 Å². The molecule has 0 bridgehead atoms. The lowest BCUT2D eigenvalue weighted by molar-refractivity contribution is 0.685. The minimum absolute atomic E-state index is 0.821. The molecule has 0 saturated heterocycles. The maximum atomic E-state index is 6.05. The Morgan fingerprint density at radius 1 is 1.28 bits per heavy atom. The van der Waals surface area contributed by atoms with E-state index in [9.17, 15) is 0 Å². The number of thiazole rings is 1. The summed E-state index contributed by atoms with van der Waals surface area (Å²) in [5, 5.41) is 4.50. The van der Waals surface area contributed by atoms with Gasteiger partial charge in [0.1, 0.15) is 0 Å².